The van der Waals surface area contributed by atoms with Crippen LogP contribution < -0.4 is 0 Å². The first kappa shape index (κ1) is 12.4. The standard InChI is InChI=1S/C19H22O2/c1-20-19(21-2)15-9-10-16(19)18-14-8-7-13(17(15)18)11-5-3-4-6-12(11)14/h3-6,9-10,13-18H,7-8H2,1-2H3. The number of rotatable bonds is 2. The summed E-state index contributed by atoms with van der Waals surface area (Å²) in [7, 11) is 3.64. The molecule has 0 spiro atoms. The topological polar surface area (TPSA) is 18.5 Å². The van der Waals surface area contributed by atoms with Crippen molar-refractivity contribution in [2.24, 2.45) is 23.7 Å². The zero-order valence-corrected chi connectivity index (χ0v) is 12.7. The van der Waals surface area contributed by atoms with Crippen LogP contribution in [0.3, 0.4) is 0 Å². The lowest BCUT2D eigenvalue weighted by molar-refractivity contribution is -0.234. The smallest absolute Gasteiger partial charge is 0.180 e. The third kappa shape index (κ3) is 1.24. The van der Waals surface area contributed by atoms with Crippen LogP contribution in [0.5, 0.6) is 0 Å². The third-order valence-corrected chi connectivity index (χ3v) is 6.88. The molecule has 0 aromatic heterocycles. The van der Waals surface area contributed by atoms with Crippen LogP contribution in [0.2, 0.25) is 0 Å². The summed E-state index contributed by atoms with van der Waals surface area (Å²) in [5.41, 5.74) is 3.22. The lowest BCUT2D eigenvalue weighted by Crippen LogP contribution is -2.41. The second-order valence-electron chi connectivity index (χ2n) is 7.14. The molecule has 5 aliphatic carbocycles. The molecule has 0 N–H and O–H groups in total. The van der Waals surface area contributed by atoms with E-state index < -0.39 is 5.79 Å². The normalized spacial score (nSPS) is 43.9. The van der Waals surface area contributed by atoms with E-state index in [0.29, 0.717) is 35.5 Å². The summed E-state index contributed by atoms with van der Waals surface area (Å²) in [6.45, 7) is 0. The molecule has 4 bridgehead atoms. The van der Waals surface area contributed by atoms with E-state index in [1.165, 1.54) is 12.8 Å². The highest BCUT2D eigenvalue weighted by Crippen LogP contribution is 2.70. The largest absolute Gasteiger partial charge is 0.352 e. The van der Waals surface area contributed by atoms with Gasteiger partial charge in [-0.15, -0.1) is 0 Å². The molecule has 1 aromatic rings. The summed E-state index contributed by atoms with van der Waals surface area (Å²) < 4.78 is 11.9. The average Bonchev–Trinajstić information content (AvgIpc) is 3.07. The van der Waals surface area contributed by atoms with Gasteiger partial charge in [-0.1, -0.05) is 36.4 Å². The van der Waals surface area contributed by atoms with Gasteiger partial charge in [0.25, 0.3) is 0 Å². The van der Waals surface area contributed by atoms with Gasteiger partial charge in [0, 0.05) is 26.1 Å². The highest BCUT2D eigenvalue weighted by atomic mass is 16.7. The molecule has 5 aliphatic rings. The first-order valence-electron chi connectivity index (χ1n) is 8.19. The van der Waals surface area contributed by atoms with Crippen LogP contribution >= 0.6 is 0 Å². The van der Waals surface area contributed by atoms with Crippen molar-refractivity contribution >= 4 is 0 Å². The zero-order valence-electron chi connectivity index (χ0n) is 12.7. The molecule has 6 unspecified atom stereocenters. The second kappa shape index (κ2) is 3.99. The second-order valence-corrected chi connectivity index (χ2v) is 7.14. The minimum atomic E-state index is -0.405. The Labute approximate surface area is 126 Å². The molecular formula is C19H22O2. The SMILES string of the molecule is COC1(OC)C2C=CC1C1C3CCC(c4ccccc43)C12. The molecule has 0 radical (unpaired) electrons. The Kier molecular flexibility index (Phi) is 2.36. The average molecular weight is 282 g/mol. The Hall–Kier alpha value is -1.12. The van der Waals surface area contributed by atoms with E-state index in [1.807, 2.05) is 14.2 Å². The summed E-state index contributed by atoms with van der Waals surface area (Å²) in [4.78, 5) is 0. The van der Waals surface area contributed by atoms with Gasteiger partial charge in [-0.25, -0.2) is 0 Å². The van der Waals surface area contributed by atoms with Crippen LogP contribution in [0.4, 0.5) is 0 Å². The molecule has 0 amide bonds. The molecule has 2 heteroatoms. The lowest BCUT2D eigenvalue weighted by Gasteiger charge is -2.50. The number of ether oxygens (including phenoxy) is 2. The lowest BCUT2D eigenvalue weighted by atomic mass is 9.54. The van der Waals surface area contributed by atoms with Crippen LogP contribution in [0.15, 0.2) is 36.4 Å². The fourth-order valence-corrected chi connectivity index (χ4v) is 6.32. The highest BCUT2D eigenvalue weighted by molar-refractivity contribution is 5.44. The Morgan fingerprint density at radius 2 is 1.33 bits per heavy atom. The first-order valence-corrected chi connectivity index (χ1v) is 8.19. The maximum Gasteiger partial charge on any atom is 0.180 e. The molecule has 1 aromatic carbocycles. The van der Waals surface area contributed by atoms with Crippen molar-refractivity contribution in [3.8, 4) is 0 Å². The van der Waals surface area contributed by atoms with E-state index in [9.17, 15) is 0 Å². The quantitative estimate of drug-likeness (QED) is 0.608. The van der Waals surface area contributed by atoms with Gasteiger partial charge < -0.3 is 9.47 Å². The van der Waals surface area contributed by atoms with E-state index in [4.69, 9.17) is 9.47 Å². The molecular weight excluding hydrogens is 260 g/mol. The monoisotopic (exact) mass is 282 g/mol. The van der Waals surface area contributed by atoms with E-state index >= 15 is 0 Å². The van der Waals surface area contributed by atoms with Crippen molar-refractivity contribution in [3.05, 3.63) is 47.5 Å². The molecule has 0 saturated heterocycles. The molecule has 6 atom stereocenters. The van der Waals surface area contributed by atoms with Gasteiger partial charge in [0.2, 0.25) is 0 Å². The maximum absolute atomic E-state index is 5.97. The van der Waals surface area contributed by atoms with Gasteiger partial charge in [0.1, 0.15) is 0 Å². The molecule has 110 valence electrons. The van der Waals surface area contributed by atoms with Crippen molar-refractivity contribution in [1.82, 2.24) is 0 Å². The summed E-state index contributed by atoms with van der Waals surface area (Å²) in [6.07, 6.45) is 7.43. The fourth-order valence-electron chi connectivity index (χ4n) is 6.32. The van der Waals surface area contributed by atoms with Crippen LogP contribution in [-0.2, 0) is 9.47 Å². The summed E-state index contributed by atoms with van der Waals surface area (Å²) in [6, 6.07) is 9.13. The first-order chi connectivity index (χ1) is 10.3. The van der Waals surface area contributed by atoms with Gasteiger partial charge in [-0.05, 0) is 47.6 Å². The van der Waals surface area contributed by atoms with Gasteiger partial charge in [-0.3, -0.25) is 0 Å². The maximum atomic E-state index is 5.97. The molecule has 2 fully saturated rings. The Balaban J connectivity index is 1.69. The molecule has 2 saturated carbocycles. The van der Waals surface area contributed by atoms with Gasteiger partial charge in [0.05, 0.1) is 0 Å². The van der Waals surface area contributed by atoms with Gasteiger partial charge in [0.15, 0.2) is 5.79 Å². The molecule has 21 heavy (non-hydrogen) atoms. The molecule has 0 heterocycles. The zero-order chi connectivity index (χ0) is 14.2. The van der Waals surface area contributed by atoms with Crippen molar-refractivity contribution < 1.29 is 9.47 Å². The predicted octanol–water partition coefficient (Wildman–Crippen LogP) is 3.70. The number of hydrogen-bond acceptors (Lipinski definition) is 2. The Bertz CT molecular complexity index is 567. The molecule has 6 rings (SSSR count). The predicted molar refractivity (Wildman–Crippen MR) is 81.0 cm³/mol. The number of fused-ring (bicyclic) bond motifs is 3. The third-order valence-electron chi connectivity index (χ3n) is 6.88. The summed E-state index contributed by atoms with van der Waals surface area (Å²) in [5, 5.41) is 0. The van der Waals surface area contributed by atoms with Gasteiger partial charge in [-0.2, -0.15) is 0 Å². The summed E-state index contributed by atoms with van der Waals surface area (Å²) in [5.74, 6) is 3.23. The minimum absolute atomic E-state index is 0.405. The highest BCUT2D eigenvalue weighted by Gasteiger charge is 2.68. The fraction of sp³-hybridized carbons (Fsp3) is 0.579. The van der Waals surface area contributed by atoms with E-state index in [0.717, 1.165) is 0 Å². The molecule has 2 nitrogen and oxygen atoms in total. The molecule has 0 aliphatic heterocycles. The van der Waals surface area contributed by atoms with E-state index in [-0.39, 0.29) is 0 Å². The minimum Gasteiger partial charge on any atom is -0.352 e. The van der Waals surface area contributed by atoms with E-state index in [2.05, 4.69) is 36.4 Å². The van der Waals surface area contributed by atoms with Crippen molar-refractivity contribution in [1.29, 1.82) is 0 Å². The summed E-state index contributed by atoms with van der Waals surface area (Å²) >= 11 is 0. The van der Waals surface area contributed by atoms with Crippen LogP contribution in [0.1, 0.15) is 35.8 Å². The van der Waals surface area contributed by atoms with Crippen LogP contribution in [-0.4, -0.2) is 20.0 Å². The van der Waals surface area contributed by atoms with Crippen molar-refractivity contribution in [2.45, 2.75) is 30.5 Å². The van der Waals surface area contributed by atoms with Crippen LogP contribution in [0.25, 0.3) is 0 Å². The van der Waals surface area contributed by atoms with Crippen molar-refractivity contribution in [3.63, 3.8) is 0 Å². The van der Waals surface area contributed by atoms with Gasteiger partial charge >= 0.3 is 0 Å². The number of benzene rings is 1. The Morgan fingerprint density at radius 1 is 0.857 bits per heavy atom. The number of methoxy groups -OCH3 is 2. The Morgan fingerprint density at radius 3 is 1.76 bits per heavy atom. The van der Waals surface area contributed by atoms with Crippen molar-refractivity contribution in [2.75, 3.05) is 14.2 Å². The number of hydrogen-bond donors (Lipinski definition) is 0. The van der Waals surface area contributed by atoms with Crippen LogP contribution in [0, 0.1) is 23.7 Å². The van der Waals surface area contributed by atoms with E-state index in [1.54, 1.807) is 11.1 Å².